The maximum Gasteiger partial charge on any atom is 0.286 e. The highest BCUT2D eigenvalue weighted by molar-refractivity contribution is 6.31. The number of halogens is 2. The molecule has 1 atom stereocenters. The van der Waals surface area contributed by atoms with Crippen molar-refractivity contribution in [2.75, 3.05) is 0 Å². The van der Waals surface area contributed by atoms with Crippen molar-refractivity contribution in [3.8, 4) is 6.07 Å². The zero-order valence-electron chi connectivity index (χ0n) is 14.4. The number of H-pyrrole nitrogens is 1. The Hall–Kier alpha value is -3.50. The van der Waals surface area contributed by atoms with Gasteiger partial charge in [-0.1, -0.05) is 35.9 Å². The zero-order chi connectivity index (χ0) is 19.7. The van der Waals surface area contributed by atoms with E-state index in [0.717, 1.165) is 5.52 Å². The molecule has 8 heteroatoms. The molecular formula is C20H13ClFN5O. The standard InChI is InChI=1S/C20H13ClFN5O/c21-18-15(14(9-23)19-25-16-3-1-2-4-17(16)26-19)10-24-27(20(18)28)11-12-5-7-13(22)8-6-12/h1-8,10,14H,11H2,(H,25,26). The van der Waals surface area contributed by atoms with Crippen molar-refractivity contribution in [1.82, 2.24) is 19.7 Å². The van der Waals surface area contributed by atoms with Crippen LogP contribution < -0.4 is 5.56 Å². The van der Waals surface area contributed by atoms with Gasteiger partial charge in [-0.2, -0.15) is 10.4 Å². The Morgan fingerprint density at radius 2 is 1.96 bits per heavy atom. The Labute approximate surface area is 163 Å². The molecule has 0 amide bonds. The van der Waals surface area contributed by atoms with Crippen LogP contribution in [0, 0.1) is 17.1 Å². The normalized spacial score (nSPS) is 12.0. The minimum atomic E-state index is -0.861. The molecule has 2 heterocycles. The van der Waals surface area contributed by atoms with Crippen LogP contribution in [0.25, 0.3) is 11.0 Å². The van der Waals surface area contributed by atoms with Crippen LogP contribution in [0.2, 0.25) is 5.02 Å². The Bertz CT molecular complexity index is 1220. The van der Waals surface area contributed by atoms with E-state index in [1.165, 1.54) is 23.0 Å². The third-order valence-corrected chi connectivity index (χ3v) is 4.76. The molecule has 0 spiro atoms. The number of rotatable bonds is 4. The first kappa shape index (κ1) is 17.9. The van der Waals surface area contributed by atoms with Crippen molar-refractivity contribution in [2.45, 2.75) is 12.5 Å². The summed E-state index contributed by atoms with van der Waals surface area (Å²) in [5.41, 5.74) is 1.95. The van der Waals surface area contributed by atoms with E-state index >= 15 is 0 Å². The van der Waals surface area contributed by atoms with Gasteiger partial charge in [0, 0.05) is 5.56 Å². The van der Waals surface area contributed by atoms with Crippen molar-refractivity contribution >= 4 is 22.6 Å². The van der Waals surface area contributed by atoms with Gasteiger partial charge in [0.25, 0.3) is 5.56 Å². The van der Waals surface area contributed by atoms with Gasteiger partial charge in [-0.15, -0.1) is 0 Å². The molecule has 6 nitrogen and oxygen atoms in total. The topological polar surface area (TPSA) is 87.4 Å². The summed E-state index contributed by atoms with van der Waals surface area (Å²) in [4.78, 5) is 20.1. The van der Waals surface area contributed by atoms with Gasteiger partial charge in [0.05, 0.1) is 29.8 Å². The van der Waals surface area contributed by atoms with Gasteiger partial charge < -0.3 is 4.98 Å². The molecule has 2 aromatic carbocycles. The number of aromatic nitrogens is 4. The van der Waals surface area contributed by atoms with Crippen LogP contribution in [-0.2, 0) is 6.54 Å². The van der Waals surface area contributed by atoms with E-state index < -0.39 is 11.5 Å². The Balaban J connectivity index is 1.71. The van der Waals surface area contributed by atoms with Crippen LogP contribution in [0.1, 0.15) is 22.9 Å². The van der Waals surface area contributed by atoms with E-state index in [-0.39, 0.29) is 22.9 Å². The SMILES string of the molecule is N#CC(c1nc2ccccc2[nH]1)c1cnn(Cc2ccc(F)cc2)c(=O)c1Cl. The summed E-state index contributed by atoms with van der Waals surface area (Å²) in [6, 6.07) is 15.3. The fourth-order valence-electron chi connectivity index (χ4n) is 2.94. The number of hydrogen-bond donors (Lipinski definition) is 1. The van der Waals surface area contributed by atoms with Crippen LogP contribution in [-0.4, -0.2) is 19.7 Å². The van der Waals surface area contributed by atoms with Crippen LogP contribution in [0.3, 0.4) is 0 Å². The molecule has 0 fully saturated rings. The third-order valence-electron chi connectivity index (χ3n) is 4.38. The number of imidazole rings is 1. The molecule has 0 aliphatic rings. The molecule has 0 aliphatic heterocycles. The molecule has 0 bridgehead atoms. The van der Waals surface area contributed by atoms with Crippen molar-refractivity contribution < 1.29 is 4.39 Å². The molecule has 0 aliphatic carbocycles. The summed E-state index contributed by atoms with van der Waals surface area (Å²) < 4.78 is 14.2. The maximum absolute atomic E-state index is 13.0. The molecule has 4 rings (SSSR count). The largest absolute Gasteiger partial charge is 0.341 e. The molecule has 4 aromatic rings. The summed E-state index contributed by atoms with van der Waals surface area (Å²) in [6.07, 6.45) is 1.40. The van der Waals surface area contributed by atoms with E-state index in [2.05, 4.69) is 21.1 Å². The van der Waals surface area contributed by atoms with Crippen LogP contribution in [0.4, 0.5) is 4.39 Å². The number of para-hydroxylation sites is 2. The highest BCUT2D eigenvalue weighted by Crippen LogP contribution is 2.27. The zero-order valence-corrected chi connectivity index (χ0v) is 15.2. The second-order valence-corrected chi connectivity index (χ2v) is 6.58. The lowest BCUT2D eigenvalue weighted by Gasteiger charge is -2.11. The van der Waals surface area contributed by atoms with Crippen LogP contribution in [0.5, 0.6) is 0 Å². The van der Waals surface area contributed by atoms with E-state index in [4.69, 9.17) is 11.6 Å². The monoisotopic (exact) mass is 393 g/mol. The molecule has 0 saturated carbocycles. The fraction of sp³-hybridized carbons (Fsp3) is 0.100. The Morgan fingerprint density at radius 1 is 1.21 bits per heavy atom. The quantitative estimate of drug-likeness (QED) is 0.573. The highest BCUT2D eigenvalue weighted by atomic mass is 35.5. The first-order valence-electron chi connectivity index (χ1n) is 8.41. The summed E-state index contributed by atoms with van der Waals surface area (Å²) in [7, 11) is 0. The molecule has 138 valence electrons. The molecule has 28 heavy (non-hydrogen) atoms. The summed E-state index contributed by atoms with van der Waals surface area (Å²) in [5, 5.41) is 13.7. The molecule has 0 radical (unpaired) electrons. The number of nitrogens with zero attached hydrogens (tertiary/aromatic N) is 4. The van der Waals surface area contributed by atoms with Gasteiger partial charge in [0.15, 0.2) is 0 Å². The van der Waals surface area contributed by atoms with Gasteiger partial charge in [0.1, 0.15) is 22.6 Å². The summed E-state index contributed by atoms with van der Waals surface area (Å²) in [5.74, 6) is -0.830. The highest BCUT2D eigenvalue weighted by Gasteiger charge is 2.23. The van der Waals surface area contributed by atoms with E-state index in [0.29, 0.717) is 16.9 Å². The maximum atomic E-state index is 13.0. The van der Waals surface area contributed by atoms with Gasteiger partial charge in [-0.05, 0) is 29.8 Å². The molecule has 1 N–H and O–H groups in total. The Kier molecular flexibility index (Phi) is 4.63. The van der Waals surface area contributed by atoms with Gasteiger partial charge in [-0.3, -0.25) is 4.79 Å². The predicted octanol–water partition coefficient (Wildman–Crippen LogP) is 3.62. The number of benzene rings is 2. The average Bonchev–Trinajstić information content (AvgIpc) is 3.13. The fourth-order valence-corrected chi connectivity index (χ4v) is 3.20. The lowest BCUT2D eigenvalue weighted by atomic mass is 10.0. The first-order valence-corrected chi connectivity index (χ1v) is 8.79. The minimum absolute atomic E-state index is 0.0934. The summed E-state index contributed by atoms with van der Waals surface area (Å²) >= 11 is 6.29. The Morgan fingerprint density at radius 3 is 2.68 bits per heavy atom. The smallest absolute Gasteiger partial charge is 0.286 e. The van der Waals surface area contributed by atoms with Crippen LogP contribution in [0.15, 0.2) is 59.5 Å². The number of nitrogens with one attached hydrogen (secondary N) is 1. The average molecular weight is 394 g/mol. The van der Waals surface area contributed by atoms with Crippen LogP contribution >= 0.6 is 11.6 Å². The van der Waals surface area contributed by atoms with Gasteiger partial charge in [0.2, 0.25) is 0 Å². The number of hydrogen-bond acceptors (Lipinski definition) is 4. The molecule has 1 unspecified atom stereocenters. The van der Waals surface area contributed by atoms with Crippen molar-refractivity contribution in [3.63, 3.8) is 0 Å². The second kappa shape index (κ2) is 7.25. The third kappa shape index (κ3) is 3.26. The van der Waals surface area contributed by atoms with Crippen molar-refractivity contribution in [2.24, 2.45) is 0 Å². The van der Waals surface area contributed by atoms with Crippen molar-refractivity contribution in [3.05, 3.63) is 92.9 Å². The number of fused-ring (bicyclic) bond motifs is 1. The van der Waals surface area contributed by atoms with E-state index in [1.807, 2.05) is 24.3 Å². The summed E-state index contributed by atoms with van der Waals surface area (Å²) in [6.45, 7) is 0.140. The number of aromatic amines is 1. The van der Waals surface area contributed by atoms with E-state index in [1.54, 1.807) is 12.1 Å². The lowest BCUT2D eigenvalue weighted by Crippen LogP contribution is -2.25. The van der Waals surface area contributed by atoms with E-state index in [9.17, 15) is 14.4 Å². The number of nitriles is 1. The second-order valence-electron chi connectivity index (χ2n) is 6.20. The molecular weight excluding hydrogens is 381 g/mol. The van der Waals surface area contributed by atoms with Gasteiger partial charge in [-0.25, -0.2) is 14.1 Å². The molecule has 0 saturated heterocycles. The van der Waals surface area contributed by atoms with Gasteiger partial charge >= 0.3 is 0 Å². The lowest BCUT2D eigenvalue weighted by molar-refractivity contribution is 0.617. The van der Waals surface area contributed by atoms with Crippen molar-refractivity contribution in [1.29, 1.82) is 5.26 Å². The predicted molar refractivity (Wildman–Crippen MR) is 103 cm³/mol. The molecule has 2 aromatic heterocycles. The first-order chi connectivity index (χ1) is 13.6. The minimum Gasteiger partial charge on any atom is -0.341 e.